The summed E-state index contributed by atoms with van der Waals surface area (Å²) in [6, 6.07) is 3.60. The normalized spacial score (nSPS) is 13.0. The summed E-state index contributed by atoms with van der Waals surface area (Å²) in [5.74, 6) is -1.13. The van der Waals surface area contributed by atoms with Crippen molar-refractivity contribution in [2.75, 3.05) is 10.8 Å². The van der Waals surface area contributed by atoms with Crippen molar-refractivity contribution < 1.29 is 9.18 Å². The lowest BCUT2D eigenvalue weighted by molar-refractivity contribution is -0.115. The molecule has 0 radical (unpaired) electrons. The fraction of sp³-hybridized carbons (Fsp3) is 0.300. The zero-order valence-electron chi connectivity index (χ0n) is 15.1. The number of nitrogens with zero attached hydrogens (tertiary/aromatic N) is 4. The van der Waals surface area contributed by atoms with E-state index in [9.17, 15) is 4.79 Å². The number of aromatic nitrogens is 3. The van der Waals surface area contributed by atoms with Crippen LogP contribution in [0.4, 0.5) is 16.0 Å². The van der Waals surface area contributed by atoms with Gasteiger partial charge in [0.1, 0.15) is 5.88 Å². The number of anilines is 2. The van der Waals surface area contributed by atoms with Gasteiger partial charge >= 0.3 is 0 Å². The Morgan fingerprint density at radius 3 is 2.70 bits per heavy atom. The summed E-state index contributed by atoms with van der Waals surface area (Å²) in [6.45, 7) is 3.60. The molecule has 4 rings (SSSR count). The van der Waals surface area contributed by atoms with Crippen molar-refractivity contribution in [3.05, 3.63) is 52.6 Å². The summed E-state index contributed by atoms with van der Waals surface area (Å²) in [5.41, 5.74) is 4.10. The van der Waals surface area contributed by atoms with Crippen LogP contribution in [0.1, 0.15) is 28.7 Å². The van der Waals surface area contributed by atoms with Crippen LogP contribution in [0, 0.1) is 19.7 Å². The van der Waals surface area contributed by atoms with Crippen LogP contribution in [0.3, 0.4) is 0 Å². The van der Waals surface area contributed by atoms with Crippen molar-refractivity contribution in [3.63, 3.8) is 0 Å². The van der Waals surface area contributed by atoms with E-state index in [1.165, 1.54) is 4.90 Å². The standard InChI is InChI=1S/C20H18ClFN4O/c1-11-14-6-3-7-15(14)12(2)18(17(11)22)26(16(27)9-21)20-24-10-13-5-4-8-23-19(13)25-20/h4-5,8,10H,3,6-7,9H2,1-2H3. The zero-order chi connectivity index (χ0) is 19.1. The first-order chi connectivity index (χ1) is 13.0. The summed E-state index contributed by atoms with van der Waals surface area (Å²) in [6.07, 6.45) is 5.90. The van der Waals surface area contributed by atoms with Crippen LogP contribution < -0.4 is 4.90 Å². The van der Waals surface area contributed by atoms with Crippen molar-refractivity contribution >= 4 is 40.2 Å². The average molecular weight is 385 g/mol. The minimum Gasteiger partial charge on any atom is -0.273 e. The van der Waals surface area contributed by atoms with Gasteiger partial charge in [0.15, 0.2) is 11.5 Å². The Balaban J connectivity index is 1.96. The number of hydrogen-bond acceptors (Lipinski definition) is 4. The van der Waals surface area contributed by atoms with Gasteiger partial charge in [-0.15, -0.1) is 11.6 Å². The monoisotopic (exact) mass is 384 g/mol. The summed E-state index contributed by atoms with van der Waals surface area (Å²) in [7, 11) is 0. The molecule has 0 aliphatic heterocycles. The number of carbonyl (C=O) groups excluding carboxylic acids is 1. The van der Waals surface area contributed by atoms with Gasteiger partial charge in [-0.3, -0.25) is 4.79 Å². The van der Waals surface area contributed by atoms with E-state index in [1.807, 2.05) is 13.0 Å². The summed E-state index contributed by atoms with van der Waals surface area (Å²) < 4.78 is 15.4. The summed E-state index contributed by atoms with van der Waals surface area (Å²) in [5, 5.41) is 0.738. The molecule has 27 heavy (non-hydrogen) atoms. The van der Waals surface area contributed by atoms with E-state index in [2.05, 4.69) is 15.0 Å². The van der Waals surface area contributed by atoms with Crippen molar-refractivity contribution in [2.45, 2.75) is 33.1 Å². The number of carbonyl (C=O) groups is 1. The van der Waals surface area contributed by atoms with E-state index in [-0.39, 0.29) is 17.5 Å². The molecule has 0 bridgehead atoms. The predicted octanol–water partition coefficient (Wildman–Crippen LogP) is 4.17. The van der Waals surface area contributed by atoms with E-state index < -0.39 is 11.7 Å². The van der Waals surface area contributed by atoms with E-state index in [0.717, 1.165) is 41.3 Å². The molecule has 0 saturated carbocycles. The quantitative estimate of drug-likeness (QED) is 0.636. The average Bonchev–Trinajstić information content (AvgIpc) is 3.19. The van der Waals surface area contributed by atoms with Gasteiger partial charge in [-0.1, -0.05) is 0 Å². The second kappa shape index (κ2) is 6.85. The molecule has 0 spiro atoms. The molecule has 1 aliphatic carbocycles. The van der Waals surface area contributed by atoms with E-state index in [4.69, 9.17) is 11.6 Å². The SMILES string of the molecule is Cc1c(F)c(N(C(=O)CCl)c2ncc3cccnc3n2)c(C)c2c1CCC2. The number of pyridine rings is 1. The third-order valence-electron chi connectivity index (χ3n) is 5.14. The largest absolute Gasteiger partial charge is 0.273 e. The molecule has 2 heterocycles. The number of halogens is 2. The molecule has 3 aromatic rings. The van der Waals surface area contributed by atoms with Gasteiger partial charge < -0.3 is 0 Å². The smallest absolute Gasteiger partial charge is 0.248 e. The molecule has 1 aliphatic rings. The number of rotatable bonds is 3. The highest BCUT2D eigenvalue weighted by molar-refractivity contribution is 6.30. The Labute approximate surface area is 161 Å². The maximum atomic E-state index is 15.4. The third-order valence-corrected chi connectivity index (χ3v) is 5.37. The van der Waals surface area contributed by atoms with Gasteiger partial charge in [0.25, 0.3) is 0 Å². The highest BCUT2D eigenvalue weighted by Gasteiger charge is 2.30. The van der Waals surface area contributed by atoms with Gasteiger partial charge in [-0.2, -0.15) is 4.98 Å². The Kier molecular flexibility index (Phi) is 4.52. The topological polar surface area (TPSA) is 59.0 Å². The van der Waals surface area contributed by atoms with Crippen LogP contribution in [-0.4, -0.2) is 26.7 Å². The van der Waals surface area contributed by atoms with Crippen molar-refractivity contribution in [1.29, 1.82) is 0 Å². The molecule has 138 valence electrons. The van der Waals surface area contributed by atoms with Gasteiger partial charge in [0.2, 0.25) is 11.9 Å². The Morgan fingerprint density at radius 1 is 1.22 bits per heavy atom. The molecule has 0 fully saturated rings. The minimum absolute atomic E-state index is 0.0752. The molecule has 0 N–H and O–H groups in total. The fourth-order valence-corrected chi connectivity index (χ4v) is 3.93. The van der Waals surface area contributed by atoms with Gasteiger partial charge in [-0.05, 0) is 67.5 Å². The van der Waals surface area contributed by atoms with Gasteiger partial charge in [0.05, 0.1) is 5.69 Å². The second-order valence-corrected chi connectivity index (χ2v) is 6.94. The van der Waals surface area contributed by atoms with Crippen LogP contribution in [0.5, 0.6) is 0 Å². The molecular formula is C20H18ClFN4O. The maximum absolute atomic E-state index is 15.4. The van der Waals surface area contributed by atoms with E-state index in [0.29, 0.717) is 11.2 Å². The number of amides is 1. The van der Waals surface area contributed by atoms with Crippen molar-refractivity contribution in [3.8, 4) is 0 Å². The van der Waals surface area contributed by atoms with Crippen LogP contribution in [0.2, 0.25) is 0 Å². The Bertz CT molecular complexity index is 1070. The number of hydrogen-bond donors (Lipinski definition) is 0. The maximum Gasteiger partial charge on any atom is 0.248 e. The molecule has 1 aromatic carbocycles. The van der Waals surface area contributed by atoms with Gasteiger partial charge in [0, 0.05) is 17.8 Å². The van der Waals surface area contributed by atoms with Crippen molar-refractivity contribution in [2.24, 2.45) is 0 Å². The lowest BCUT2D eigenvalue weighted by atomic mass is 9.96. The minimum atomic E-state index is -0.480. The zero-order valence-corrected chi connectivity index (χ0v) is 15.8. The molecule has 0 atom stereocenters. The Hall–Kier alpha value is -2.60. The molecule has 5 nitrogen and oxygen atoms in total. The molecule has 7 heteroatoms. The van der Waals surface area contributed by atoms with Crippen molar-refractivity contribution in [1.82, 2.24) is 15.0 Å². The lowest BCUT2D eigenvalue weighted by Gasteiger charge is -2.25. The van der Waals surface area contributed by atoms with E-state index in [1.54, 1.807) is 25.4 Å². The summed E-state index contributed by atoms with van der Waals surface area (Å²) in [4.78, 5) is 26.8. The number of fused-ring (bicyclic) bond motifs is 2. The molecule has 2 aromatic heterocycles. The summed E-state index contributed by atoms with van der Waals surface area (Å²) >= 11 is 5.84. The molecule has 1 amide bonds. The number of alkyl halides is 1. The van der Waals surface area contributed by atoms with E-state index >= 15 is 4.39 Å². The first-order valence-corrected chi connectivity index (χ1v) is 9.33. The van der Waals surface area contributed by atoms with Crippen LogP contribution in [-0.2, 0) is 17.6 Å². The van der Waals surface area contributed by atoms with Crippen LogP contribution in [0.25, 0.3) is 11.0 Å². The molecule has 0 saturated heterocycles. The lowest BCUT2D eigenvalue weighted by Crippen LogP contribution is -2.31. The Morgan fingerprint density at radius 2 is 1.96 bits per heavy atom. The third kappa shape index (κ3) is 2.84. The van der Waals surface area contributed by atoms with Gasteiger partial charge in [-0.25, -0.2) is 19.3 Å². The molecule has 0 unspecified atom stereocenters. The highest BCUT2D eigenvalue weighted by atomic mass is 35.5. The molecular weight excluding hydrogens is 367 g/mol. The van der Waals surface area contributed by atoms with Crippen LogP contribution >= 0.6 is 11.6 Å². The first kappa shape index (κ1) is 17.8. The highest BCUT2D eigenvalue weighted by Crippen LogP contribution is 2.39. The number of benzene rings is 1. The predicted molar refractivity (Wildman–Crippen MR) is 103 cm³/mol. The second-order valence-electron chi connectivity index (χ2n) is 6.67. The first-order valence-electron chi connectivity index (χ1n) is 8.80. The fourth-order valence-electron chi connectivity index (χ4n) is 3.81. The van der Waals surface area contributed by atoms with Crippen LogP contribution in [0.15, 0.2) is 24.5 Å².